The monoisotopic (exact) mass is 475 g/mol. The van der Waals surface area contributed by atoms with Crippen LogP contribution in [0.4, 0.5) is 4.39 Å². The van der Waals surface area contributed by atoms with Crippen LogP contribution in [0.15, 0.2) is 53.3 Å². The zero-order valence-electron chi connectivity index (χ0n) is 20.1. The van der Waals surface area contributed by atoms with Gasteiger partial charge >= 0.3 is 5.97 Å². The van der Waals surface area contributed by atoms with E-state index >= 15 is 0 Å². The second-order valence-electron chi connectivity index (χ2n) is 8.45. The van der Waals surface area contributed by atoms with Gasteiger partial charge in [0.2, 0.25) is 5.78 Å². The second-order valence-corrected chi connectivity index (χ2v) is 8.45. The number of aryl methyl sites for hydroxylation is 3. The number of carbonyl (C=O) groups is 2. The Morgan fingerprint density at radius 1 is 1.00 bits per heavy atom. The number of benzene rings is 2. The van der Waals surface area contributed by atoms with Crippen molar-refractivity contribution in [3.63, 3.8) is 0 Å². The van der Waals surface area contributed by atoms with Crippen LogP contribution in [-0.4, -0.2) is 32.5 Å². The molecular formula is C27H26FN3O4. The number of hydrogen-bond acceptors (Lipinski definition) is 5. The molecule has 0 unspecified atom stereocenters. The smallest absolute Gasteiger partial charge is 0.338 e. The van der Waals surface area contributed by atoms with Gasteiger partial charge in [-0.3, -0.25) is 9.59 Å². The summed E-state index contributed by atoms with van der Waals surface area (Å²) in [5, 5.41) is 0. The van der Waals surface area contributed by atoms with E-state index in [1.807, 2.05) is 25.3 Å². The summed E-state index contributed by atoms with van der Waals surface area (Å²) in [6.45, 7) is 7.79. The molecule has 0 saturated carbocycles. The minimum Gasteiger partial charge on any atom is -0.454 e. The van der Waals surface area contributed by atoms with Crippen LogP contribution in [0.3, 0.4) is 0 Å². The van der Waals surface area contributed by atoms with Gasteiger partial charge in [0.15, 0.2) is 6.61 Å². The van der Waals surface area contributed by atoms with Crippen LogP contribution in [0.25, 0.3) is 11.0 Å². The number of carbonyl (C=O) groups excluding carboxylic acids is 2. The molecule has 0 atom stereocenters. The van der Waals surface area contributed by atoms with E-state index in [0.717, 1.165) is 17.0 Å². The molecule has 4 rings (SSSR count). The van der Waals surface area contributed by atoms with Crippen molar-refractivity contribution in [3.8, 4) is 0 Å². The van der Waals surface area contributed by atoms with Gasteiger partial charge in [-0.15, -0.1) is 0 Å². The maximum absolute atomic E-state index is 13.2. The van der Waals surface area contributed by atoms with Gasteiger partial charge in [-0.2, -0.15) is 0 Å². The lowest BCUT2D eigenvalue weighted by atomic mass is 10.1. The zero-order chi connectivity index (χ0) is 25.3. The van der Waals surface area contributed by atoms with Crippen molar-refractivity contribution >= 4 is 22.8 Å². The molecule has 8 heteroatoms. The summed E-state index contributed by atoms with van der Waals surface area (Å²) in [6.07, 6.45) is 0. The molecule has 4 aromatic rings. The number of halogens is 1. The summed E-state index contributed by atoms with van der Waals surface area (Å²) in [7, 11) is 0. The number of fused-ring (bicyclic) bond motifs is 1. The highest BCUT2D eigenvalue weighted by atomic mass is 19.1. The Kier molecular flexibility index (Phi) is 6.64. The van der Waals surface area contributed by atoms with Crippen LogP contribution >= 0.6 is 0 Å². The van der Waals surface area contributed by atoms with Crippen LogP contribution < -0.4 is 5.56 Å². The molecule has 0 aliphatic carbocycles. The summed E-state index contributed by atoms with van der Waals surface area (Å²) < 4.78 is 22.1. The predicted molar refractivity (Wildman–Crippen MR) is 130 cm³/mol. The number of ketones is 1. The molecule has 2 aromatic heterocycles. The third-order valence-corrected chi connectivity index (χ3v) is 6.12. The molecule has 0 spiro atoms. The Bertz CT molecular complexity index is 1500. The lowest BCUT2D eigenvalue weighted by Crippen LogP contribution is -2.23. The van der Waals surface area contributed by atoms with Gasteiger partial charge in [0.25, 0.3) is 5.56 Å². The van der Waals surface area contributed by atoms with E-state index in [1.165, 1.54) is 12.1 Å². The molecule has 0 bridgehead atoms. The van der Waals surface area contributed by atoms with E-state index in [4.69, 9.17) is 4.74 Å². The Morgan fingerprint density at radius 2 is 1.71 bits per heavy atom. The molecule has 35 heavy (non-hydrogen) atoms. The highest BCUT2D eigenvalue weighted by Gasteiger charge is 2.19. The Morgan fingerprint density at radius 3 is 2.40 bits per heavy atom. The van der Waals surface area contributed by atoms with Gasteiger partial charge in [0, 0.05) is 30.0 Å². The first-order chi connectivity index (χ1) is 16.7. The summed E-state index contributed by atoms with van der Waals surface area (Å²) in [4.78, 5) is 42.1. The molecule has 0 saturated heterocycles. The number of hydrogen-bond donors (Lipinski definition) is 0. The van der Waals surface area contributed by atoms with Crippen molar-refractivity contribution < 1.29 is 18.7 Å². The number of nitrogens with zero attached hydrogens (tertiary/aromatic N) is 3. The van der Waals surface area contributed by atoms with Crippen molar-refractivity contribution in [1.29, 1.82) is 0 Å². The molecule has 2 aromatic carbocycles. The maximum atomic E-state index is 13.2. The molecule has 0 aliphatic rings. The highest BCUT2D eigenvalue weighted by Crippen LogP contribution is 2.19. The Hall–Kier alpha value is -4.07. The molecule has 0 amide bonds. The fraction of sp³-hybridized carbons (Fsp3) is 0.259. The second kappa shape index (κ2) is 9.66. The van der Waals surface area contributed by atoms with Gasteiger partial charge in [-0.25, -0.2) is 14.2 Å². The summed E-state index contributed by atoms with van der Waals surface area (Å²) in [5.41, 5.74) is 4.57. The topological polar surface area (TPSA) is 83.2 Å². The standard InChI is InChI=1S/C27H26FN3O4/c1-5-30-24-11-8-20(13-23(24)29-17(3)26(30)33)27(34)35-15-25(32)22-12-16(2)31(18(22)4)14-19-6-9-21(28)10-7-19/h6-13H,5,14-15H2,1-4H3. The number of Topliss-reactive ketones (excluding diaryl/α,β-unsaturated/α-hetero) is 1. The van der Waals surface area contributed by atoms with Crippen LogP contribution in [0, 0.1) is 26.6 Å². The number of ether oxygens (including phenoxy) is 1. The first-order valence-corrected chi connectivity index (χ1v) is 11.3. The third-order valence-electron chi connectivity index (χ3n) is 6.12. The average Bonchev–Trinajstić information content (AvgIpc) is 3.12. The minimum absolute atomic E-state index is 0.169. The van der Waals surface area contributed by atoms with Crippen molar-refractivity contribution in [2.24, 2.45) is 0 Å². The van der Waals surface area contributed by atoms with E-state index in [2.05, 4.69) is 4.98 Å². The van der Waals surface area contributed by atoms with E-state index in [1.54, 1.807) is 47.9 Å². The quantitative estimate of drug-likeness (QED) is 0.293. The SMILES string of the molecule is CCn1c(=O)c(C)nc2cc(C(=O)OCC(=O)c3cc(C)n(Cc4ccc(F)cc4)c3C)ccc21. The molecule has 0 aliphatic heterocycles. The molecule has 2 heterocycles. The fourth-order valence-corrected chi connectivity index (χ4v) is 4.21. The zero-order valence-corrected chi connectivity index (χ0v) is 20.1. The number of aromatic nitrogens is 3. The van der Waals surface area contributed by atoms with E-state index in [9.17, 15) is 18.8 Å². The Labute approximate surface area is 201 Å². The van der Waals surface area contributed by atoms with E-state index < -0.39 is 12.6 Å². The highest BCUT2D eigenvalue weighted by molar-refractivity contribution is 6.01. The van der Waals surface area contributed by atoms with Crippen molar-refractivity contribution in [3.05, 3.63) is 98.5 Å². The first kappa shape index (κ1) is 24.1. The van der Waals surface area contributed by atoms with Crippen LogP contribution in [0.2, 0.25) is 0 Å². The molecule has 0 fully saturated rings. The molecular weight excluding hydrogens is 449 g/mol. The maximum Gasteiger partial charge on any atom is 0.338 e. The van der Waals surface area contributed by atoms with Gasteiger partial charge in [0.1, 0.15) is 11.5 Å². The minimum atomic E-state index is -0.644. The van der Waals surface area contributed by atoms with Crippen molar-refractivity contribution in [2.75, 3.05) is 6.61 Å². The van der Waals surface area contributed by atoms with E-state index in [-0.39, 0.29) is 22.7 Å². The van der Waals surface area contributed by atoms with Crippen molar-refractivity contribution in [1.82, 2.24) is 14.1 Å². The first-order valence-electron chi connectivity index (χ1n) is 11.3. The van der Waals surface area contributed by atoms with Gasteiger partial charge < -0.3 is 13.9 Å². The average molecular weight is 476 g/mol. The van der Waals surface area contributed by atoms with Gasteiger partial charge in [-0.05, 0) is 69.7 Å². The summed E-state index contributed by atoms with van der Waals surface area (Å²) >= 11 is 0. The van der Waals surface area contributed by atoms with Crippen LogP contribution in [0.1, 0.15) is 50.3 Å². The predicted octanol–water partition coefficient (Wildman–Crippen LogP) is 4.37. The van der Waals surface area contributed by atoms with Crippen LogP contribution in [-0.2, 0) is 17.8 Å². The number of rotatable bonds is 7. The third kappa shape index (κ3) is 4.77. The van der Waals surface area contributed by atoms with Gasteiger partial charge in [-0.1, -0.05) is 12.1 Å². The molecule has 7 nitrogen and oxygen atoms in total. The molecule has 0 N–H and O–H groups in total. The largest absolute Gasteiger partial charge is 0.454 e. The molecule has 0 radical (unpaired) electrons. The molecule has 180 valence electrons. The van der Waals surface area contributed by atoms with E-state index in [0.29, 0.717) is 35.4 Å². The normalized spacial score (nSPS) is 11.1. The lowest BCUT2D eigenvalue weighted by Gasteiger charge is -2.11. The summed E-state index contributed by atoms with van der Waals surface area (Å²) in [6, 6.07) is 12.8. The Balaban J connectivity index is 1.49. The van der Waals surface area contributed by atoms with Crippen molar-refractivity contribution in [2.45, 2.75) is 40.8 Å². The van der Waals surface area contributed by atoms with Crippen LogP contribution in [0.5, 0.6) is 0 Å². The number of esters is 1. The lowest BCUT2D eigenvalue weighted by molar-refractivity contribution is 0.0474. The fourth-order valence-electron chi connectivity index (χ4n) is 4.21. The summed E-state index contributed by atoms with van der Waals surface area (Å²) in [5.74, 6) is -1.26. The van der Waals surface area contributed by atoms with Gasteiger partial charge in [0.05, 0.1) is 16.6 Å².